The van der Waals surface area contributed by atoms with Gasteiger partial charge in [0.05, 0.1) is 11.6 Å². The van der Waals surface area contributed by atoms with Gasteiger partial charge in [-0.1, -0.05) is 89.3 Å². The van der Waals surface area contributed by atoms with Gasteiger partial charge in [-0.15, -0.1) is 0 Å². The van der Waals surface area contributed by atoms with Crippen LogP contribution in [0.25, 0.3) is 0 Å². The van der Waals surface area contributed by atoms with Crippen LogP contribution in [0.1, 0.15) is 107 Å². The first-order valence-electron chi connectivity index (χ1n) is 13.7. The first-order valence-corrected chi connectivity index (χ1v) is 14.1. The van der Waals surface area contributed by atoms with Gasteiger partial charge in [0.1, 0.15) is 18.8 Å². The Morgan fingerprint density at radius 3 is 2.17 bits per heavy atom. The maximum Gasteiger partial charge on any atom is 0.261 e. The molecule has 0 spiro atoms. The summed E-state index contributed by atoms with van der Waals surface area (Å²) in [7, 11) is 0. The van der Waals surface area contributed by atoms with Crippen molar-refractivity contribution in [2.24, 2.45) is 0 Å². The van der Waals surface area contributed by atoms with Crippen LogP contribution in [0.4, 0.5) is 0 Å². The topological polar surface area (TPSA) is 50.5 Å². The Morgan fingerprint density at radius 1 is 0.889 bits per heavy atom. The number of hydrogen-bond acceptors (Lipinski definition) is 3. The number of aromatic nitrogens is 1. The summed E-state index contributed by atoms with van der Waals surface area (Å²) in [6, 6.07) is 10.8. The van der Waals surface area contributed by atoms with Crippen molar-refractivity contribution in [1.82, 2.24) is 4.90 Å². The van der Waals surface area contributed by atoms with Crippen molar-refractivity contribution < 1.29 is 18.9 Å². The highest BCUT2D eigenvalue weighted by Crippen LogP contribution is 2.26. The Kier molecular flexibility index (Phi) is 14.2. The van der Waals surface area contributed by atoms with Crippen LogP contribution in [0.3, 0.4) is 0 Å². The van der Waals surface area contributed by atoms with Crippen molar-refractivity contribution in [3.8, 4) is 5.75 Å². The van der Waals surface area contributed by atoms with E-state index in [0.717, 1.165) is 31.5 Å². The van der Waals surface area contributed by atoms with E-state index in [0.29, 0.717) is 22.9 Å². The van der Waals surface area contributed by atoms with Crippen molar-refractivity contribution >= 4 is 23.4 Å². The summed E-state index contributed by atoms with van der Waals surface area (Å²) in [6.07, 6.45) is 15.7. The zero-order valence-corrected chi connectivity index (χ0v) is 23.2. The van der Waals surface area contributed by atoms with Gasteiger partial charge in [0, 0.05) is 31.0 Å². The fraction of sp³-hybridized carbons (Fsp3) is 0.567. The van der Waals surface area contributed by atoms with Crippen LogP contribution in [0.2, 0.25) is 5.02 Å². The number of unbranched alkanes of at least 4 members (excludes halogenated alkanes) is 9. The van der Waals surface area contributed by atoms with Gasteiger partial charge in [-0.05, 0) is 24.6 Å². The fourth-order valence-electron chi connectivity index (χ4n) is 4.28. The van der Waals surface area contributed by atoms with Gasteiger partial charge in [-0.3, -0.25) is 14.5 Å². The molecule has 2 amide bonds. The molecule has 1 heterocycles. The van der Waals surface area contributed by atoms with E-state index in [2.05, 4.69) is 18.4 Å². The van der Waals surface area contributed by atoms with Crippen molar-refractivity contribution in [2.45, 2.75) is 104 Å². The summed E-state index contributed by atoms with van der Waals surface area (Å²) in [5.74, 6) is -0.0933. The van der Waals surface area contributed by atoms with E-state index in [1.165, 1.54) is 63.2 Å². The third kappa shape index (κ3) is 10.3. The number of rotatable bonds is 17. The molecule has 198 valence electrons. The molecule has 1 aromatic heterocycles. The third-order valence-electron chi connectivity index (χ3n) is 6.38. The Labute approximate surface area is 222 Å². The van der Waals surface area contributed by atoms with Crippen molar-refractivity contribution in [3.63, 3.8) is 0 Å². The molecule has 2 aromatic rings. The summed E-state index contributed by atoms with van der Waals surface area (Å²) in [5, 5.41) is 0.386. The normalized spacial score (nSPS) is 10.9. The van der Waals surface area contributed by atoms with Gasteiger partial charge in [0.15, 0.2) is 6.20 Å². The van der Waals surface area contributed by atoms with Crippen molar-refractivity contribution in [1.29, 1.82) is 0 Å². The first kappa shape index (κ1) is 29.8. The van der Waals surface area contributed by atoms with Crippen molar-refractivity contribution in [3.05, 3.63) is 58.9 Å². The highest BCUT2D eigenvalue weighted by Gasteiger charge is 2.24. The molecule has 0 atom stereocenters. The molecule has 0 saturated heterocycles. The quantitative estimate of drug-likeness (QED) is 0.161. The third-order valence-corrected chi connectivity index (χ3v) is 6.67. The van der Waals surface area contributed by atoms with Gasteiger partial charge < -0.3 is 4.74 Å². The Balaban J connectivity index is 1.84. The van der Waals surface area contributed by atoms with E-state index in [1.54, 1.807) is 18.2 Å². The van der Waals surface area contributed by atoms with Crippen LogP contribution in [-0.4, -0.2) is 23.3 Å². The van der Waals surface area contributed by atoms with Crippen LogP contribution in [-0.2, 0) is 17.9 Å². The lowest BCUT2D eigenvalue weighted by Gasteiger charge is -2.19. The van der Waals surface area contributed by atoms with Crippen LogP contribution >= 0.6 is 11.6 Å². The second-order valence-corrected chi connectivity index (χ2v) is 9.88. The number of amides is 2. The molecule has 0 radical (unpaired) electrons. The number of imide groups is 1. The molecule has 6 heteroatoms. The van der Waals surface area contributed by atoms with E-state index >= 15 is 0 Å². The van der Waals surface area contributed by atoms with E-state index in [4.69, 9.17) is 16.3 Å². The molecule has 0 N–H and O–H groups in total. The second-order valence-electron chi connectivity index (χ2n) is 9.47. The highest BCUT2D eigenvalue weighted by atomic mass is 35.5. The molecule has 0 aliphatic rings. The molecule has 0 aliphatic heterocycles. The van der Waals surface area contributed by atoms with E-state index in [9.17, 15) is 9.59 Å². The van der Waals surface area contributed by atoms with Crippen LogP contribution in [0.15, 0.2) is 42.6 Å². The Bertz CT molecular complexity index is 948. The standard InChI is InChI=1S/C30H44ClN2O3/c1-4-6-7-8-9-10-11-12-13-16-22-36-29-19-18-26(23-28(29)31)30(35)33(25(3)34)24-27-17-14-15-21-32(27)20-5-2/h14-15,17-19,21,23H,4-13,16,20,22,24H2,1-3H3/q+1. The largest absolute Gasteiger partial charge is 0.492 e. The van der Waals surface area contributed by atoms with E-state index in [-0.39, 0.29) is 18.4 Å². The predicted octanol–water partition coefficient (Wildman–Crippen LogP) is 7.53. The molecule has 36 heavy (non-hydrogen) atoms. The van der Waals surface area contributed by atoms with Gasteiger partial charge in [-0.2, -0.15) is 0 Å². The smallest absolute Gasteiger partial charge is 0.261 e. The number of carbonyl (C=O) groups excluding carboxylic acids is 2. The molecule has 1 aromatic carbocycles. The SMILES string of the molecule is CCCCCCCCCCCCOc1ccc(C(=O)N(Cc2cccc[n+]2CCC)C(C)=O)cc1Cl. The number of aryl methyl sites for hydroxylation is 1. The lowest BCUT2D eigenvalue weighted by atomic mass is 10.1. The molecular weight excluding hydrogens is 472 g/mol. The minimum atomic E-state index is -0.363. The monoisotopic (exact) mass is 515 g/mol. The van der Waals surface area contributed by atoms with Crippen LogP contribution in [0, 0.1) is 0 Å². The number of hydrogen-bond donors (Lipinski definition) is 0. The van der Waals surface area contributed by atoms with E-state index < -0.39 is 0 Å². The van der Waals surface area contributed by atoms with Gasteiger partial charge in [0.2, 0.25) is 11.6 Å². The zero-order chi connectivity index (χ0) is 26.2. The second kappa shape index (κ2) is 17.1. The Hall–Kier alpha value is -2.40. The summed E-state index contributed by atoms with van der Waals surface area (Å²) >= 11 is 6.43. The predicted molar refractivity (Wildman–Crippen MR) is 146 cm³/mol. The molecule has 0 fully saturated rings. The Morgan fingerprint density at radius 2 is 1.56 bits per heavy atom. The lowest BCUT2D eigenvalue weighted by molar-refractivity contribution is -0.704. The average Bonchev–Trinajstić information content (AvgIpc) is 2.87. The van der Waals surface area contributed by atoms with Crippen molar-refractivity contribution in [2.75, 3.05) is 6.61 Å². The summed E-state index contributed by atoms with van der Waals surface area (Å²) in [4.78, 5) is 26.8. The first-order chi connectivity index (χ1) is 17.5. The maximum absolute atomic E-state index is 13.2. The molecule has 2 rings (SSSR count). The number of ether oxygens (including phenoxy) is 1. The molecular formula is C30H44ClN2O3+. The number of nitrogens with zero attached hydrogens (tertiary/aromatic N) is 2. The summed E-state index contributed by atoms with van der Waals surface area (Å²) in [5.41, 5.74) is 1.28. The van der Waals surface area contributed by atoms with E-state index in [1.807, 2.05) is 24.4 Å². The van der Waals surface area contributed by atoms with Gasteiger partial charge in [-0.25, -0.2) is 4.57 Å². The molecule has 0 bridgehead atoms. The minimum Gasteiger partial charge on any atom is -0.492 e. The number of pyridine rings is 1. The molecule has 0 saturated carbocycles. The van der Waals surface area contributed by atoms with Crippen LogP contribution < -0.4 is 9.30 Å². The fourth-order valence-corrected chi connectivity index (χ4v) is 4.52. The molecule has 0 aliphatic carbocycles. The highest BCUT2D eigenvalue weighted by molar-refractivity contribution is 6.32. The lowest BCUT2D eigenvalue weighted by Crippen LogP contribution is -2.43. The summed E-state index contributed by atoms with van der Waals surface area (Å²) < 4.78 is 7.93. The van der Waals surface area contributed by atoms with Gasteiger partial charge >= 0.3 is 0 Å². The van der Waals surface area contributed by atoms with Crippen LogP contribution in [0.5, 0.6) is 5.75 Å². The number of halogens is 1. The zero-order valence-electron chi connectivity index (χ0n) is 22.4. The van der Waals surface area contributed by atoms with Gasteiger partial charge in [0.25, 0.3) is 5.91 Å². The molecule has 0 unspecified atom stereocenters. The number of benzene rings is 1. The minimum absolute atomic E-state index is 0.212. The average molecular weight is 516 g/mol. The number of carbonyl (C=O) groups is 2. The maximum atomic E-state index is 13.2. The molecule has 5 nitrogen and oxygen atoms in total. The summed E-state index contributed by atoms with van der Waals surface area (Å²) in [6.45, 7) is 7.40.